The van der Waals surface area contributed by atoms with Crippen molar-refractivity contribution in [3.05, 3.63) is 75.3 Å². The fourth-order valence-electron chi connectivity index (χ4n) is 2.96. The maximum absolute atomic E-state index is 13.2. The molecule has 15 heteroatoms. The van der Waals surface area contributed by atoms with Gasteiger partial charge in [0, 0.05) is 30.7 Å². The molecule has 10 nitrogen and oxygen atoms in total. The van der Waals surface area contributed by atoms with E-state index in [1.54, 1.807) is 0 Å². The number of alkyl halides is 3. The van der Waals surface area contributed by atoms with Crippen LogP contribution in [0.3, 0.4) is 0 Å². The van der Waals surface area contributed by atoms with Crippen LogP contribution in [0.15, 0.2) is 42.9 Å². The minimum absolute atomic E-state index is 0.0136. The molecule has 2 aromatic heterocycles. The molecule has 1 aromatic carbocycles. The van der Waals surface area contributed by atoms with E-state index in [4.69, 9.17) is 28.3 Å². The van der Waals surface area contributed by atoms with Crippen LogP contribution in [0.4, 0.5) is 24.8 Å². The van der Waals surface area contributed by atoms with Crippen molar-refractivity contribution in [1.82, 2.24) is 15.0 Å². The number of hydrogen-bond acceptors (Lipinski definition) is 7. The highest BCUT2D eigenvalue weighted by atomic mass is 35.5. The number of anilines is 2. The van der Waals surface area contributed by atoms with Crippen molar-refractivity contribution in [1.29, 1.82) is 0 Å². The van der Waals surface area contributed by atoms with Crippen LogP contribution >= 0.6 is 23.2 Å². The summed E-state index contributed by atoms with van der Waals surface area (Å²) in [6, 6.07) is 4.44. The van der Waals surface area contributed by atoms with Gasteiger partial charge in [-0.25, -0.2) is 19.6 Å². The number of carbonyl (C=O) groups excluding carboxylic acids is 1. The van der Waals surface area contributed by atoms with Gasteiger partial charge in [0.2, 0.25) is 5.95 Å². The van der Waals surface area contributed by atoms with Crippen LogP contribution in [-0.4, -0.2) is 49.1 Å². The van der Waals surface area contributed by atoms with Gasteiger partial charge in [-0.3, -0.25) is 9.78 Å². The fourth-order valence-corrected chi connectivity index (χ4v) is 3.50. The maximum Gasteiger partial charge on any atom is 0.434 e. The number of carboxylic acids is 2. The van der Waals surface area contributed by atoms with Crippen LogP contribution in [-0.2, 0) is 17.4 Å². The minimum atomic E-state index is -5.10. The second-order valence-electron chi connectivity index (χ2n) is 7.13. The molecule has 0 unspecified atom stereocenters. The molecule has 0 fully saturated rings. The van der Waals surface area contributed by atoms with Crippen molar-refractivity contribution in [3.8, 4) is 0 Å². The zero-order chi connectivity index (χ0) is 26.6. The number of aromatic nitrogens is 3. The van der Waals surface area contributed by atoms with E-state index in [0.717, 1.165) is 0 Å². The maximum atomic E-state index is 13.2. The molecule has 1 amide bonds. The van der Waals surface area contributed by atoms with Gasteiger partial charge >= 0.3 is 18.1 Å². The van der Waals surface area contributed by atoms with Gasteiger partial charge in [0.25, 0.3) is 5.91 Å². The Kier molecular flexibility index (Phi) is 7.95. The molecule has 0 saturated heterocycles. The molecule has 0 aliphatic carbocycles. The van der Waals surface area contributed by atoms with Crippen LogP contribution in [0.25, 0.3) is 0 Å². The van der Waals surface area contributed by atoms with Crippen molar-refractivity contribution in [2.45, 2.75) is 18.6 Å². The second-order valence-corrected chi connectivity index (χ2v) is 7.94. The zero-order valence-corrected chi connectivity index (χ0v) is 19.2. The number of nitrogens with one attached hydrogen (secondary N) is 2. The van der Waals surface area contributed by atoms with E-state index in [9.17, 15) is 32.7 Å². The molecule has 188 valence electrons. The Hall–Kier alpha value is -3.97. The third-order valence-corrected chi connectivity index (χ3v) is 5.19. The number of aliphatic carboxylic acids is 1. The normalized spacial score (nSPS) is 12.0. The predicted molar refractivity (Wildman–Crippen MR) is 121 cm³/mol. The van der Waals surface area contributed by atoms with Gasteiger partial charge in [0.1, 0.15) is 11.6 Å². The quantitative estimate of drug-likeness (QED) is 0.326. The summed E-state index contributed by atoms with van der Waals surface area (Å²) in [7, 11) is 0. The summed E-state index contributed by atoms with van der Waals surface area (Å²) in [6.07, 6.45) is -2.37. The number of nitrogens with zero attached hydrogens (tertiary/aromatic N) is 3. The molecule has 2 heterocycles. The van der Waals surface area contributed by atoms with Gasteiger partial charge in [0.05, 0.1) is 15.6 Å². The van der Waals surface area contributed by atoms with Crippen molar-refractivity contribution < 1.29 is 37.8 Å². The summed E-state index contributed by atoms with van der Waals surface area (Å²) < 4.78 is 39.5. The zero-order valence-electron chi connectivity index (χ0n) is 17.7. The average molecular weight is 544 g/mol. The second kappa shape index (κ2) is 10.7. The lowest BCUT2D eigenvalue weighted by atomic mass is 10.1. The van der Waals surface area contributed by atoms with Crippen LogP contribution in [0, 0.1) is 0 Å². The molecule has 3 rings (SSSR count). The summed E-state index contributed by atoms with van der Waals surface area (Å²) >= 11 is 11.9. The van der Waals surface area contributed by atoms with Gasteiger partial charge in [-0.15, -0.1) is 0 Å². The first-order valence-electron chi connectivity index (χ1n) is 9.73. The Morgan fingerprint density at radius 2 is 1.61 bits per heavy atom. The van der Waals surface area contributed by atoms with Gasteiger partial charge in [-0.2, -0.15) is 13.2 Å². The molecule has 0 radical (unpaired) electrons. The SMILES string of the molecule is O=C(O)c1cnc(N[C@@H](Cc2ccc(NC(=O)c3c(Cl)cncc3Cl)cc2)C(=O)O)nc1C(F)(F)F. The van der Waals surface area contributed by atoms with E-state index in [1.807, 2.05) is 0 Å². The molecule has 3 aromatic rings. The summed E-state index contributed by atoms with van der Waals surface area (Å²) in [4.78, 5) is 45.5. The van der Waals surface area contributed by atoms with Crippen molar-refractivity contribution in [3.63, 3.8) is 0 Å². The van der Waals surface area contributed by atoms with E-state index < -0.39 is 47.3 Å². The van der Waals surface area contributed by atoms with Crippen molar-refractivity contribution >= 4 is 52.7 Å². The number of carboxylic acid groups (broad SMARTS) is 2. The van der Waals surface area contributed by atoms with Crippen molar-refractivity contribution in [2.75, 3.05) is 10.6 Å². The molecule has 0 bridgehead atoms. The smallest absolute Gasteiger partial charge is 0.434 e. The molecular weight excluding hydrogens is 530 g/mol. The first-order valence-corrected chi connectivity index (χ1v) is 10.5. The number of benzene rings is 1. The fraction of sp³-hybridized carbons (Fsp3) is 0.143. The number of aromatic carboxylic acids is 1. The lowest BCUT2D eigenvalue weighted by molar-refractivity contribution is -0.141. The molecule has 0 spiro atoms. The Morgan fingerprint density at radius 1 is 1.00 bits per heavy atom. The Labute approximate surface area is 210 Å². The van der Waals surface area contributed by atoms with E-state index in [-0.39, 0.29) is 22.0 Å². The molecule has 0 saturated carbocycles. The average Bonchev–Trinajstić information content (AvgIpc) is 2.79. The highest BCUT2D eigenvalue weighted by Crippen LogP contribution is 2.31. The van der Waals surface area contributed by atoms with Gasteiger partial charge < -0.3 is 20.8 Å². The standard InChI is InChI=1S/C21H14Cl2F3N5O5/c22-12-7-27-8-13(23)15(12)17(32)29-10-3-1-9(2-4-10)5-14(19(35)36)30-20-28-6-11(18(33)34)16(31-20)21(24,25)26/h1-4,6-8,14H,5H2,(H,29,32)(H,33,34)(H,35,36)(H,28,30,31)/t14-/m0/s1. The topological polar surface area (TPSA) is 154 Å². The minimum Gasteiger partial charge on any atom is -0.480 e. The first kappa shape index (κ1) is 26.6. The Bertz CT molecular complexity index is 1300. The molecule has 0 aliphatic rings. The molecule has 4 N–H and O–H groups in total. The largest absolute Gasteiger partial charge is 0.480 e. The lowest BCUT2D eigenvalue weighted by Crippen LogP contribution is -2.33. The molecule has 36 heavy (non-hydrogen) atoms. The lowest BCUT2D eigenvalue weighted by Gasteiger charge is -2.16. The first-order chi connectivity index (χ1) is 16.9. The summed E-state index contributed by atoms with van der Waals surface area (Å²) in [5.74, 6) is -4.62. The van der Waals surface area contributed by atoms with Crippen LogP contribution in [0.2, 0.25) is 10.0 Å². The van der Waals surface area contributed by atoms with Crippen LogP contribution in [0.1, 0.15) is 32.0 Å². The van der Waals surface area contributed by atoms with Crippen LogP contribution < -0.4 is 10.6 Å². The number of amides is 1. The summed E-state index contributed by atoms with van der Waals surface area (Å²) in [5, 5.41) is 23.3. The van der Waals surface area contributed by atoms with Gasteiger partial charge in [-0.05, 0) is 17.7 Å². The third-order valence-electron chi connectivity index (χ3n) is 4.62. The predicted octanol–water partition coefficient (Wildman–Crippen LogP) is 4.26. The number of halogens is 5. The molecular formula is C21H14Cl2F3N5O5. The molecule has 0 aliphatic heterocycles. The highest BCUT2D eigenvalue weighted by Gasteiger charge is 2.38. The molecule has 1 atom stereocenters. The third kappa shape index (κ3) is 6.37. The number of pyridine rings is 1. The van der Waals surface area contributed by atoms with E-state index in [1.165, 1.54) is 36.7 Å². The number of hydrogen-bond donors (Lipinski definition) is 4. The van der Waals surface area contributed by atoms with E-state index in [2.05, 4.69) is 25.6 Å². The number of carbonyl (C=O) groups is 3. The van der Waals surface area contributed by atoms with Gasteiger partial charge in [-0.1, -0.05) is 35.3 Å². The monoisotopic (exact) mass is 543 g/mol. The Balaban J connectivity index is 1.75. The van der Waals surface area contributed by atoms with E-state index >= 15 is 0 Å². The highest BCUT2D eigenvalue weighted by molar-refractivity contribution is 6.40. The van der Waals surface area contributed by atoms with Gasteiger partial charge in [0.15, 0.2) is 5.69 Å². The number of rotatable bonds is 8. The summed E-state index contributed by atoms with van der Waals surface area (Å²) in [5.41, 5.74) is -2.11. The van der Waals surface area contributed by atoms with E-state index in [0.29, 0.717) is 17.4 Å². The summed E-state index contributed by atoms with van der Waals surface area (Å²) in [6.45, 7) is 0. The van der Waals surface area contributed by atoms with Crippen LogP contribution in [0.5, 0.6) is 0 Å². The van der Waals surface area contributed by atoms with Crippen molar-refractivity contribution in [2.24, 2.45) is 0 Å². The Morgan fingerprint density at radius 3 is 2.14 bits per heavy atom.